The number of phenols is 1. The molecule has 2 heterocycles. The highest BCUT2D eigenvalue weighted by Crippen LogP contribution is 2.41. The van der Waals surface area contributed by atoms with Crippen LogP contribution in [-0.2, 0) is 6.54 Å². The van der Waals surface area contributed by atoms with Crippen LogP contribution in [0.5, 0.6) is 11.5 Å². The topological polar surface area (TPSA) is 80.0 Å². The molecule has 172 valence electrons. The number of hydrogen-bond acceptors (Lipinski definition) is 5. The Morgan fingerprint density at radius 3 is 2.53 bits per heavy atom. The second-order valence-electron chi connectivity index (χ2n) is 8.61. The van der Waals surface area contributed by atoms with Crippen LogP contribution in [0.1, 0.15) is 51.3 Å². The van der Waals surface area contributed by atoms with Gasteiger partial charge in [-0.3, -0.25) is 9.59 Å². The molecular formula is C28H25NO5. The van der Waals surface area contributed by atoms with Crippen molar-refractivity contribution in [3.8, 4) is 11.5 Å². The van der Waals surface area contributed by atoms with Gasteiger partial charge in [-0.1, -0.05) is 42.5 Å². The normalized spacial score (nSPS) is 15.1. The number of rotatable bonds is 5. The number of aromatic hydroxyl groups is 1. The molecule has 0 radical (unpaired) electrons. The first-order valence-corrected chi connectivity index (χ1v) is 11.3. The van der Waals surface area contributed by atoms with Crippen molar-refractivity contribution < 1.29 is 19.1 Å². The lowest BCUT2D eigenvalue weighted by atomic mass is 9.97. The second kappa shape index (κ2) is 8.37. The highest BCUT2D eigenvalue weighted by atomic mass is 16.5. The molecule has 0 fully saturated rings. The van der Waals surface area contributed by atoms with Crippen LogP contribution in [0.3, 0.4) is 0 Å². The maximum Gasteiger partial charge on any atom is 0.291 e. The average molecular weight is 456 g/mol. The van der Waals surface area contributed by atoms with Crippen LogP contribution < -0.4 is 10.2 Å². The second-order valence-corrected chi connectivity index (χ2v) is 8.61. The van der Waals surface area contributed by atoms with Gasteiger partial charge in [-0.15, -0.1) is 0 Å². The summed E-state index contributed by atoms with van der Waals surface area (Å²) in [5.41, 5.74) is 3.88. The van der Waals surface area contributed by atoms with Crippen molar-refractivity contribution in [2.75, 3.05) is 6.61 Å². The molecule has 5 rings (SSSR count). The van der Waals surface area contributed by atoms with E-state index < -0.39 is 6.04 Å². The van der Waals surface area contributed by atoms with Crippen molar-refractivity contribution in [3.05, 3.63) is 104 Å². The lowest BCUT2D eigenvalue weighted by Crippen LogP contribution is -2.29. The maximum absolute atomic E-state index is 13.8. The van der Waals surface area contributed by atoms with Gasteiger partial charge >= 0.3 is 0 Å². The van der Waals surface area contributed by atoms with Gasteiger partial charge in [0.05, 0.1) is 23.6 Å². The molecule has 0 saturated carbocycles. The number of hydrogen-bond donors (Lipinski definition) is 1. The van der Waals surface area contributed by atoms with Crippen LogP contribution in [0.25, 0.3) is 11.0 Å². The molecule has 1 aliphatic heterocycles. The maximum atomic E-state index is 13.8. The number of fused-ring (bicyclic) bond motifs is 2. The molecule has 1 N–H and O–H groups in total. The third-order valence-electron chi connectivity index (χ3n) is 6.19. The van der Waals surface area contributed by atoms with E-state index in [1.165, 1.54) is 6.07 Å². The summed E-state index contributed by atoms with van der Waals surface area (Å²) in [6, 6.07) is 17.6. The Labute approximate surface area is 197 Å². The molecule has 1 aromatic heterocycles. The average Bonchev–Trinajstić information content (AvgIpc) is 3.09. The van der Waals surface area contributed by atoms with E-state index >= 15 is 0 Å². The SMILES string of the molecule is CCOc1cc(C2c3c(oc4c(C)cc(C)cc4c3=O)C(=O)N2Cc2ccccc2)ccc1O. The Balaban J connectivity index is 1.76. The van der Waals surface area contributed by atoms with Crippen LogP contribution >= 0.6 is 0 Å². The monoisotopic (exact) mass is 455 g/mol. The molecule has 1 atom stereocenters. The van der Waals surface area contributed by atoms with E-state index in [4.69, 9.17) is 9.15 Å². The van der Waals surface area contributed by atoms with Crippen LogP contribution in [0.4, 0.5) is 0 Å². The largest absolute Gasteiger partial charge is 0.504 e. The van der Waals surface area contributed by atoms with Crippen molar-refractivity contribution >= 4 is 16.9 Å². The van der Waals surface area contributed by atoms with Crippen LogP contribution in [0, 0.1) is 13.8 Å². The van der Waals surface area contributed by atoms with Gasteiger partial charge in [-0.2, -0.15) is 0 Å². The lowest BCUT2D eigenvalue weighted by Gasteiger charge is -2.25. The van der Waals surface area contributed by atoms with Crippen molar-refractivity contribution in [1.82, 2.24) is 4.90 Å². The number of amides is 1. The molecule has 0 aliphatic carbocycles. The van der Waals surface area contributed by atoms with Gasteiger partial charge in [-0.05, 0) is 61.2 Å². The zero-order valence-corrected chi connectivity index (χ0v) is 19.3. The first-order valence-electron chi connectivity index (χ1n) is 11.3. The van der Waals surface area contributed by atoms with Gasteiger partial charge < -0.3 is 19.2 Å². The molecule has 6 nitrogen and oxygen atoms in total. The minimum atomic E-state index is -0.677. The number of nitrogens with zero attached hydrogens (tertiary/aromatic N) is 1. The molecular weight excluding hydrogens is 430 g/mol. The lowest BCUT2D eigenvalue weighted by molar-refractivity contribution is 0.0714. The minimum Gasteiger partial charge on any atom is -0.504 e. The van der Waals surface area contributed by atoms with Gasteiger partial charge in [-0.25, -0.2) is 0 Å². The van der Waals surface area contributed by atoms with E-state index in [2.05, 4.69) is 0 Å². The zero-order chi connectivity index (χ0) is 24.0. The van der Waals surface area contributed by atoms with E-state index in [0.717, 1.165) is 16.7 Å². The summed E-state index contributed by atoms with van der Waals surface area (Å²) in [6.07, 6.45) is 0. The van der Waals surface area contributed by atoms with Crippen molar-refractivity contribution in [2.24, 2.45) is 0 Å². The summed E-state index contributed by atoms with van der Waals surface area (Å²) >= 11 is 0. The summed E-state index contributed by atoms with van der Waals surface area (Å²) in [7, 11) is 0. The third kappa shape index (κ3) is 3.52. The van der Waals surface area contributed by atoms with E-state index in [1.54, 1.807) is 23.1 Å². The summed E-state index contributed by atoms with van der Waals surface area (Å²) < 4.78 is 11.7. The molecule has 1 unspecified atom stereocenters. The van der Waals surface area contributed by atoms with Crippen molar-refractivity contribution in [1.29, 1.82) is 0 Å². The summed E-state index contributed by atoms with van der Waals surface area (Å²) in [5, 5.41) is 10.7. The third-order valence-corrected chi connectivity index (χ3v) is 6.19. The van der Waals surface area contributed by atoms with E-state index in [-0.39, 0.29) is 22.8 Å². The number of phenolic OH excluding ortho intramolecular Hbond substituents is 1. The zero-order valence-electron chi connectivity index (χ0n) is 19.3. The fourth-order valence-corrected chi connectivity index (χ4v) is 4.74. The van der Waals surface area contributed by atoms with Crippen molar-refractivity contribution in [3.63, 3.8) is 0 Å². The number of aryl methyl sites for hydroxylation is 2. The number of ether oxygens (including phenoxy) is 1. The highest BCUT2D eigenvalue weighted by molar-refractivity contribution is 5.99. The molecule has 0 bridgehead atoms. The first kappa shape index (κ1) is 21.8. The van der Waals surface area contributed by atoms with Gasteiger partial charge in [0.15, 0.2) is 16.9 Å². The molecule has 0 saturated heterocycles. The molecule has 3 aromatic carbocycles. The molecule has 6 heteroatoms. The van der Waals surface area contributed by atoms with Gasteiger partial charge in [0, 0.05) is 6.54 Å². The number of carbonyl (C=O) groups is 1. The van der Waals surface area contributed by atoms with Gasteiger partial charge in [0.2, 0.25) is 5.76 Å². The number of benzene rings is 3. The van der Waals surface area contributed by atoms with Crippen LogP contribution in [0.15, 0.2) is 69.9 Å². The molecule has 0 spiro atoms. The molecule has 34 heavy (non-hydrogen) atoms. The fourth-order valence-electron chi connectivity index (χ4n) is 4.74. The Morgan fingerprint density at radius 1 is 1.03 bits per heavy atom. The molecule has 1 amide bonds. The van der Waals surface area contributed by atoms with Gasteiger partial charge in [0.25, 0.3) is 5.91 Å². The van der Waals surface area contributed by atoms with Gasteiger partial charge in [0.1, 0.15) is 5.58 Å². The molecule has 4 aromatic rings. The Hall–Kier alpha value is -4.06. The molecule has 1 aliphatic rings. The summed E-state index contributed by atoms with van der Waals surface area (Å²) in [6.45, 7) is 6.30. The number of carbonyl (C=O) groups excluding carboxylic acids is 1. The van der Waals surface area contributed by atoms with E-state index in [0.29, 0.717) is 41.0 Å². The predicted molar refractivity (Wildman–Crippen MR) is 129 cm³/mol. The standard InChI is InChI=1S/C28H25NO5/c1-4-33-22-14-19(10-11-21(22)30)24-23-25(31)20-13-16(2)12-17(3)26(20)34-27(23)28(32)29(24)15-18-8-6-5-7-9-18/h5-14,24,30H,4,15H2,1-3H3. The summed E-state index contributed by atoms with van der Waals surface area (Å²) in [5.74, 6) is 0.0317. The quantitative estimate of drug-likeness (QED) is 0.444. The fraction of sp³-hybridized carbons (Fsp3) is 0.214. The smallest absolute Gasteiger partial charge is 0.291 e. The predicted octanol–water partition coefficient (Wildman–Crippen LogP) is 5.26. The van der Waals surface area contributed by atoms with Crippen molar-refractivity contribution in [2.45, 2.75) is 33.4 Å². The summed E-state index contributed by atoms with van der Waals surface area (Å²) in [4.78, 5) is 29.1. The van der Waals surface area contributed by atoms with E-state index in [9.17, 15) is 14.7 Å². The minimum absolute atomic E-state index is 0.00144. The van der Waals surface area contributed by atoms with Crippen LogP contribution in [0.2, 0.25) is 0 Å². The highest BCUT2D eigenvalue weighted by Gasteiger charge is 2.43. The Kier molecular flexibility index (Phi) is 5.36. The van der Waals surface area contributed by atoms with E-state index in [1.807, 2.05) is 57.2 Å². The Bertz CT molecular complexity index is 1470. The van der Waals surface area contributed by atoms with Crippen LogP contribution in [-0.4, -0.2) is 22.5 Å². The Morgan fingerprint density at radius 2 is 1.79 bits per heavy atom. The first-order chi connectivity index (χ1) is 16.4.